The minimum atomic E-state index is -6.55. The quantitative estimate of drug-likeness (QED) is 0.0492. The number of nitrogens with two attached hydrogens (primary N) is 1. The lowest BCUT2D eigenvalue weighted by Gasteiger charge is -2.16. The molecule has 1 fully saturated rings. The minimum absolute atomic E-state index is 0.0521. The number of rotatable bonds is 13. The molecule has 1 aliphatic heterocycles. The predicted molar refractivity (Wildman–Crippen MR) is 196 cm³/mol. The van der Waals surface area contributed by atoms with Crippen LogP contribution >= 0.6 is 11.3 Å². The van der Waals surface area contributed by atoms with Gasteiger partial charge in [0.2, 0.25) is 0 Å². The summed E-state index contributed by atoms with van der Waals surface area (Å²) in [4.78, 5) is 29.9. The fourth-order valence-corrected chi connectivity index (χ4v) is 6.91. The summed E-state index contributed by atoms with van der Waals surface area (Å²) in [7, 11) is -4.58. The molecule has 13 nitrogen and oxygen atoms in total. The van der Waals surface area contributed by atoms with E-state index in [-0.39, 0.29) is 6.03 Å². The molecular weight excluding hydrogens is 805 g/mol. The second-order valence-electron chi connectivity index (χ2n) is 12.3. The summed E-state index contributed by atoms with van der Waals surface area (Å²) in [6.45, 7) is 2.89. The standard InChI is InChI=1S/C33H35N7O2S.C3F6O4S/c1-38-27(14-8-9-17-34)23-40(37-38)26-15-16-28(29(22-26)42-21-20-39-19-18-35-33(39)41)32-36-30(24-10-4-2-5-11-24)31(43-32)25-12-6-3-7-13-25;4-2(5,6)1(10)13-14(11,12)3(7,8)9/h2-7,10-13,15-16,22-23H,8-9,14,17-21,34H2,1H3;/p+1. The van der Waals surface area contributed by atoms with E-state index in [1.54, 1.807) is 16.2 Å². The van der Waals surface area contributed by atoms with Crippen molar-refractivity contribution in [3.8, 4) is 43.7 Å². The molecule has 2 aromatic heterocycles. The Kier molecular flexibility index (Phi) is 13.6. The van der Waals surface area contributed by atoms with Crippen molar-refractivity contribution in [2.75, 3.05) is 32.8 Å². The van der Waals surface area contributed by atoms with Gasteiger partial charge in [0, 0.05) is 31.1 Å². The average Bonchev–Trinajstić information content (AvgIpc) is 3.90. The zero-order valence-electron chi connectivity index (χ0n) is 30.1. The number of urea groups is 1. The molecule has 2 amide bonds. The van der Waals surface area contributed by atoms with Crippen LogP contribution in [0.15, 0.2) is 85.1 Å². The fraction of sp³-hybridized carbons (Fsp3) is 0.306. The average molecular weight is 841 g/mol. The molecule has 304 valence electrons. The van der Waals surface area contributed by atoms with Crippen LogP contribution in [0.3, 0.4) is 0 Å². The Morgan fingerprint density at radius 3 is 2.25 bits per heavy atom. The number of carbonyl (C=O) groups excluding carboxylic acids is 2. The molecular formula is C36H36F6N7O6S2+. The van der Waals surface area contributed by atoms with Gasteiger partial charge in [-0.15, -0.1) is 20.7 Å². The highest BCUT2D eigenvalue weighted by Gasteiger charge is 2.54. The number of aryl methyl sites for hydroxylation is 2. The molecule has 0 spiro atoms. The molecule has 3 heterocycles. The highest BCUT2D eigenvalue weighted by atomic mass is 32.2. The normalized spacial score (nSPS) is 13.2. The Labute approximate surface area is 326 Å². The van der Waals surface area contributed by atoms with Crippen LogP contribution in [0, 0.1) is 0 Å². The van der Waals surface area contributed by atoms with Crippen LogP contribution in [0.1, 0.15) is 18.5 Å². The predicted octanol–water partition coefficient (Wildman–Crippen LogP) is 5.78. The molecule has 5 aromatic rings. The number of carbonyl (C=O) groups is 2. The lowest BCUT2D eigenvalue weighted by molar-refractivity contribution is -0.738. The molecule has 57 heavy (non-hydrogen) atoms. The summed E-state index contributed by atoms with van der Waals surface area (Å²) < 4.78 is 100.0. The van der Waals surface area contributed by atoms with Crippen molar-refractivity contribution in [2.45, 2.75) is 30.9 Å². The summed E-state index contributed by atoms with van der Waals surface area (Å²) in [5, 5.41) is 8.45. The second-order valence-corrected chi connectivity index (χ2v) is 14.8. The third-order valence-corrected chi connectivity index (χ3v) is 10.3. The van der Waals surface area contributed by atoms with E-state index in [1.165, 1.54) is 0 Å². The highest BCUT2D eigenvalue weighted by Crippen LogP contribution is 2.43. The SMILES string of the molecule is C[n+]1nn(-c2ccc(-c3nc(-c4ccccc4)c(-c4ccccc4)s3)c(OCCN3CCNC3=O)c2)cc1CCCCN.O=C(OS(=O)(=O)C(F)(F)F)C(F)(F)F. The monoisotopic (exact) mass is 840 g/mol. The van der Waals surface area contributed by atoms with Crippen LogP contribution in [0.2, 0.25) is 0 Å². The third kappa shape index (κ3) is 10.9. The van der Waals surface area contributed by atoms with Crippen molar-refractivity contribution < 1.29 is 58.0 Å². The van der Waals surface area contributed by atoms with Gasteiger partial charge < -0.3 is 24.9 Å². The molecule has 6 rings (SSSR count). The molecule has 1 saturated heterocycles. The summed E-state index contributed by atoms with van der Waals surface area (Å²) >= 11 is 1.65. The number of unbranched alkanes of at least 4 members (excludes halogenated alkanes) is 1. The first-order valence-corrected chi connectivity index (χ1v) is 19.4. The van der Waals surface area contributed by atoms with Crippen LogP contribution in [0.4, 0.5) is 31.1 Å². The molecule has 0 unspecified atom stereocenters. The van der Waals surface area contributed by atoms with E-state index >= 15 is 0 Å². The number of aromatic nitrogens is 4. The molecule has 0 atom stereocenters. The van der Waals surface area contributed by atoms with E-state index in [0.717, 1.165) is 62.9 Å². The van der Waals surface area contributed by atoms with E-state index in [1.807, 2.05) is 46.7 Å². The van der Waals surface area contributed by atoms with Crippen LogP contribution in [0.5, 0.6) is 5.75 Å². The number of nitrogens with zero attached hydrogens (tertiary/aromatic N) is 5. The summed E-state index contributed by atoms with van der Waals surface area (Å²) in [6, 6.07) is 26.7. The van der Waals surface area contributed by atoms with E-state index in [9.17, 15) is 44.3 Å². The second kappa shape index (κ2) is 18.2. The number of thiazole rings is 1. The lowest BCUT2D eigenvalue weighted by atomic mass is 10.1. The molecule has 21 heteroatoms. The highest BCUT2D eigenvalue weighted by molar-refractivity contribution is 7.88. The first-order chi connectivity index (χ1) is 27.0. The van der Waals surface area contributed by atoms with Gasteiger partial charge in [0.05, 0.1) is 27.9 Å². The largest absolute Gasteiger partial charge is 0.534 e. The molecule has 1 aliphatic rings. The number of amides is 2. The first-order valence-electron chi connectivity index (χ1n) is 17.2. The van der Waals surface area contributed by atoms with Crippen molar-refractivity contribution in [1.82, 2.24) is 25.1 Å². The van der Waals surface area contributed by atoms with Gasteiger partial charge in [-0.05, 0) is 37.1 Å². The number of nitrogens with one attached hydrogen (secondary N) is 1. The number of alkyl halides is 6. The van der Waals surface area contributed by atoms with Crippen LogP contribution in [-0.2, 0) is 32.6 Å². The van der Waals surface area contributed by atoms with Gasteiger partial charge in [0.15, 0.2) is 17.6 Å². The number of halogens is 6. The van der Waals surface area contributed by atoms with E-state index < -0.39 is 27.8 Å². The molecule has 0 saturated carbocycles. The molecule has 3 N–H and O–H groups in total. The van der Waals surface area contributed by atoms with Gasteiger partial charge >= 0.3 is 33.8 Å². The number of ether oxygens (including phenoxy) is 1. The van der Waals surface area contributed by atoms with Crippen molar-refractivity contribution >= 4 is 33.5 Å². The van der Waals surface area contributed by atoms with E-state index in [0.29, 0.717) is 38.5 Å². The Balaban J connectivity index is 0.000000379. The van der Waals surface area contributed by atoms with Crippen molar-refractivity contribution in [1.29, 1.82) is 0 Å². The van der Waals surface area contributed by atoms with Gasteiger partial charge in [-0.3, -0.25) is 0 Å². The molecule has 0 radical (unpaired) electrons. The van der Waals surface area contributed by atoms with Crippen molar-refractivity contribution in [3.63, 3.8) is 0 Å². The van der Waals surface area contributed by atoms with Gasteiger partial charge in [0.25, 0.3) is 0 Å². The zero-order chi connectivity index (χ0) is 41.4. The van der Waals surface area contributed by atoms with Gasteiger partial charge in [-0.1, -0.05) is 60.7 Å². The Morgan fingerprint density at radius 1 is 0.982 bits per heavy atom. The number of hydrogen-bond acceptors (Lipinski definition) is 10. The molecule has 0 aliphatic carbocycles. The third-order valence-electron chi connectivity index (χ3n) is 8.24. The Hall–Kier alpha value is -5.54. The number of hydrogen-bond donors (Lipinski definition) is 2. The topological polar surface area (TPSA) is 163 Å². The molecule has 0 bridgehead atoms. The van der Waals surface area contributed by atoms with Crippen molar-refractivity contribution in [2.24, 2.45) is 12.8 Å². The minimum Gasteiger partial charge on any atom is -0.491 e. The van der Waals surface area contributed by atoms with Crippen molar-refractivity contribution in [3.05, 3.63) is 90.8 Å². The smallest absolute Gasteiger partial charge is 0.491 e. The first kappa shape index (κ1) is 42.6. The van der Waals surface area contributed by atoms with Gasteiger partial charge in [-0.2, -0.15) is 34.8 Å². The lowest BCUT2D eigenvalue weighted by Crippen LogP contribution is -2.35. The van der Waals surface area contributed by atoms with Gasteiger partial charge in [0.1, 0.15) is 24.4 Å². The maximum absolute atomic E-state index is 12.1. The Morgan fingerprint density at radius 2 is 1.65 bits per heavy atom. The van der Waals surface area contributed by atoms with Crippen LogP contribution < -0.4 is 20.5 Å². The van der Waals surface area contributed by atoms with E-state index in [4.69, 9.17) is 20.7 Å². The van der Waals surface area contributed by atoms with Crippen LogP contribution in [0.25, 0.3) is 38.0 Å². The van der Waals surface area contributed by atoms with Crippen LogP contribution in [-0.4, -0.2) is 84.7 Å². The van der Waals surface area contributed by atoms with E-state index in [2.05, 4.69) is 64.2 Å². The van der Waals surface area contributed by atoms with Gasteiger partial charge in [-0.25, -0.2) is 14.6 Å². The zero-order valence-corrected chi connectivity index (χ0v) is 31.7. The summed E-state index contributed by atoms with van der Waals surface area (Å²) in [5.74, 6) is -2.75. The summed E-state index contributed by atoms with van der Waals surface area (Å²) in [5.41, 5.74) is 5.68. The fourth-order valence-electron chi connectivity index (χ4n) is 5.40. The maximum atomic E-state index is 12.1. The molecule has 3 aromatic carbocycles. The summed E-state index contributed by atoms with van der Waals surface area (Å²) in [6.07, 6.45) is -0.828. The Bertz CT molecular complexity index is 2210. The number of benzene rings is 3. The maximum Gasteiger partial charge on any atom is 0.534 e.